The summed E-state index contributed by atoms with van der Waals surface area (Å²) in [6.45, 7) is 1.09. The van der Waals surface area contributed by atoms with Gasteiger partial charge in [0.05, 0.1) is 25.4 Å². The summed E-state index contributed by atoms with van der Waals surface area (Å²) in [5.41, 5.74) is 0.706. The second-order valence-corrected chi connectivity index (χ2v) is 6.83. The molecule has 1 spiro atoms. The van der Waals surface area contributed by atoms with E-state index in [-0.39, 0.29) is 43.4 Å². The van der Waals surface area contributed by atoms with Crippen LogP contribution in [-0.4, -0.2) is 67.0 Å². The first kappa shape index (κ1) is 14.3. The minimum absolute atomic E-state index is 0.00758. The summed E-state index contributed by atoms with van der Waals surface area (Å²) in [5, 5.41) is 9.97. The highest BCUT2D eigenvalue weighted by molar-refractivity contribution is 5.26. The van der Waals surface area contributed by atoms with E-state index in [2.05, 4.69) is 24.1 Å². The third-order valence-electron chi connectivity index (χ3n) is 5.90. The van der Waals surface area contributed by atoms with Crippen molar-refractivity contribution in [1.29, 1.82) is 0 Å². The molecule has 0 amide bonds. The molecule has 2 bridgehead atoms. The first-order valence-corrected chi connectivity index (χ1v) is 8.19. The molecule has 7 atom stereocenters. The van der Waals surface area contributed by atoms with Gasteiger partial charge in [-0.05, 0) is 12.6 Å². The zero-order chi connectivity index (χ0) is 15.6. The quantitative estimate of drug-likeness (QED) is 0.857. The van der Waals surface area contributed by atoms with Crippen LogP contribution in [0.4, 0.5) is 0 Å². The standard InChI is InChI=1S/C17H21NO5/c1-18-15(10-5-3-2-4-6-10)23-13-12-9-21-16(22-12)14-17(13,18)11(7-19)8-20-14/h2-6,11-16,19H,7-9H2,1H3/t11-,12+,13+,14+,15?,16+,17+/m0/s1. The van der Waals surface area contributed by atoms with Gasteiger partial charge in [0.1, 0.15) is 24.5 Å². The van der Waals surface area contributed by atoms with E-state index in [0.717, 1.165) is 5.56 Å². The molecule has 1 aromatic rings. The van der Waals surface area contributed by atoms with Crippen LogP contribution in [0.15, 0.2) is 30.3 Å². The molecule has 23 heavy (non-hydrogen) atoms. The van der Waals surface area contributed by atoms with Crippen molar-refractivity contribution >= 4 is 0 Å². The number of rotatable bonds is 2. The summed E-state index contributed by atoms with van der Waals surface area (Å²) < 4.78 is 24.2. The Morgan fingerprint density at radius 1 is 1.13 bits per heavy atom. The van der Waals surface area contributed by atoms with E-state index in [1.165, 1.54) is 0 Å². The van der Waals surface area contributed by atoms with Crippen molar-refractivity contribution in [1.82, 2.24) is 4.90 Å². The molecule has 4 saturated heterocycles. The minimum Gasteiger partial charge on any atom is -0.396 e. The molecule has 4 fully saturated rings. The van der Waals surface area contributed by atoms with Crippen LogP contribution in [-0.2, 0) is 18.9 Å². The smallest absolute Gasteiger partial charge is 0.186 e. The number of aliphatic hydroxyl groups excluding tert-OH is 1. The van der Waals surface area contributed by atoms with Crippen molar-refractivity contribution in [2.75, 3.05) is 26.9 Å². The van der Waals surface area contributed by atoms with Gasteiger partial charge in [-0.25, -0.2) is 0 Å². The first-order chi connectivity index (χ1) is 11.3. The van der Waals surface area contributed by atoms with Gasteiger partial charge in [0.25, 0.3) is 0 Å². The molecular formula is C17H21NO5. The first-order valence-electron chi connectivity index (χ1n) is 8.19. The Labute approximate surface area is 134 Å². The second kappa shape index (κ2) is 4.99. The van der Waals surface area contributed by atoms with Crippen molar-refractivity contribution in [3.8, 4) is 0 Å². The fourth-order valence-corrected chi connectivity index (χ4v) is 4.90. The molecule has 4 aliphatic heterocycles. The minimum atomic E-state index is -0.403. The third kappa shape index (κ3) is 1.68. The molecule has 0 aliphatic carbocycles. The fraction of sp³-hybridized carbons (Fsp3) is 0.647. The highest BCUT2D eigenvalue weighted by Gasteiger charge is 2.73. The lowest BCUT2D eigenvalue weighted by atomic mass is 9.74. The van der Waals surface area contributed by atoms with Crippen LogP contribution in [0.25, 0.3) is 0 Å². The van der Waals surface area contributed by atoms with Crippen molar-refractivity contribution in [3.63, 3.8) is 0 Å². The Kier molecular flexibility index (Phi) is 3.11. The van der Waals surface area contributed by atoms with Crippen LogP contribution in [0.2, 0.25) is 0 Å². The molecule has 4 heterocycles. The molecule has 6 nitrogen and oxygen atoms in total. The van der Waals surface area contributed by atoms with Gasteiger partial charge >= 0.3 is 0 Å². The Morgan fingerprint density at radius 2 is 1.96 bits per heavy atom. The Balaban J connectivity index is 1.61. The summed E-state index contributed by atoms with van der Waals surface area (Å²) in [6, 6.07) is 10.2. The van der Waals surface area contributed by atoms with Gasteiger partial charge in [-0.3, -0.25) is 4.90 Å². The second-order valence-electron chi connectivity index (χ2n) is 6.83. The van der Waals surface area contributed by atoms with Crippen LogP contribution in [0.1, 0.15) is 11.8 Å². The average Bonchev–Trinajstić information content (AvgIpc) is 3.26. The van der Waals surface area contributed by atoms with Crippen LogP contribution in [0.3, 0.4) is 0 Å². The molecule has 124 valence electrons. The predicted octanol–water partition coefficient (Wildman–Crippen LogP) is 0.517. The van der Waals surface area contributed by atoms with Crippen LogP contribution in [0.5, 0.6) is 0 Å². The van der Waals surface area contributed by atoms with E-state index in [4.69, 9.17) is 18.9 Å². The molecular weight excluding hydrogens is 298 g/mol. The molecule has 4 aliphatic rings. The molecule has 6 heteroatoms. The third-order valence-corrected chi connectivity index (χ3v) is 5.90. The monoisotopic (exact) mass is 319 g/mol. The maximum atomic E-state index is 9.97. The van der Waals surface area contributed by atoms with E-state index in [1.54, 1.807) is 0 Å². The number of ether oxygens (including phenoxy) is 4. The van der Waals surface area contributed by atoms with Crippen LogP contribution < -0.4 is 0 Å². The maximum Gasteiger partial charge on any atom is 0.186 e. The summed E-state index contributed by atoms with van der Waals surface area (Å²) in [7, 11) is 2.06. The van der Waals surface area contributed by atoms with E-state index >= 15 is 0 Å². The lowest BCUT2D eigenvalue weighted by molar-refractivity contribution is -0.210. The SMILES string of the molecule is CN1C(c2ccccc2)O[C@@H]2[C@H]3CO[C@H](O3)[C@H]3OC[C@H](CO)[C@]321. The molecule has 1 unspecified atom stereocenters. The molecule has 1 aromatic carbocycles. The van der Waals surface area contributed by atoms with Crippen molar-refractivity contribution in [2.45, 2.75) is 36.4 Å². The number of benzene rings is 1. The summed E-state index contributed by atoms with van der Waals surface area (Å²) >= 11 is 0. The lowest BCUT2D eigenvalue weighted by Crippen LogP contribution is -2.68. The molecule has 0 aromatic heterocycles. The number of fused-ring (bicyclic) bond motifs is 4. The van der Waals surface area contributed by atoms with Crippen LogP contribution >= 0.6 is 0 Å². The summed E-state index contributed by atoms with van der Waals surface area (Å²) in [6.07, 6.45) is -1.04. The van der Waals surface area contributed by atoms with Crippen molar-refractivity contribution in [3.05, 3.63) is 35.9 Å². The molecule has 0 radical (unpaired) electrons. The summed E-state index contributed by atoms with van der Waals surface area (Å²) in [4.78, 5) is 2.24. The zero-order valence-corrected chi connectivity index (χ0v) is 13.0. The van der Waals surface area contributed by atoms with Crippen molar-refractivity contribution in [2.24, 2.45) is 5.92 Å². The van der Waals surface area contributed by atoms with E-state index in [1.807, 2.05) is 18.2 Å². The average molecular weight is 319 g/mol. The van der Waals surface area contributed by atoms with E-state index in [0.29, 0.717) is 13.2 Å². The zero-order valence-electron chi connectivity index (χ0n) is 13.0. The number of hydrogen-bond donors (Lipinski definition) is 1. The predicted molar refractivity (Wildman–Crippen MR) is 79.5 cm³/mol. The highest BCUT2D eigenvalue weighted by Crippen LogP contribution is 2.56. The maximum absolute atomic E-state index is 9.97. The van der Waals surface area contributed by atoms with Gasteiger partial charge in [-0.15, -0.1) is 0 Å². The van der Waals surface area contributed by atoms with Crippen molar-refractivity contribution < 1.29 is 24.1 Å². The topological polar surface area (TPSA) is 60.4 Å². The lowest BCUT2D eigenvalue weighted by Gasteiger charge is -2.47. The van der Waals surface area contributed by atoms with E-state index < -0.39 is 5.54 Å². The summed E-state index contributed by atoms with van der Waals surface area (Å²) in [5.74, 6) is -0.00758. The van der Waals surface area contributed by atoms with Gasteiger partial charge in [0.2, 0.25) is 0 Å². The van der Waals surface area contributed by atoms with Gasteiger partial charge in [0.15, 0.2) is 6.29 Å². The Bertz CT molecular complexity index is 598. The van der Waals surface area contributed by atoms with Gasteiger partial charge in [-0.1, -0.05) is 30.3 Å². The molecule has 5 rings (SSSR count). The number of nitrogens with zero attached hydrogens (tertiary/aromatic N) is 1. The normalized spacial score (nSPS) is 48.4. The highest BCUT2D eigenvalue weighted by atomic mass is 16.8. The Morgan fingerprint density at radius 3 is 2.74 bits per heavy atom. The Hall–Kier alpha value is -1.02. The number of hydrogen-bond acceptors (Lipinski definition) is 6. The largest absolute Gasteiger partial charge is 0.396 e. The molecule has 1 N–H and O–H groups in total. The fourth-order valence-electron chi connectivity index (χ4n) is 4.90. The van der Waals surface area contributed by atoms with Gasteiger partial charge < -0.3 is 24.1 Å². The van der Waals surface area contributed by atoms with E-state index in [9.17, 15) is 5.11 Å². The number of aliphatic hydroxyl groups is 1. The van der Waals surface area contributed by atoms with Gasteiger partial charge in [0, 0.05) is 5.92 Å². The van der Waals surface area contributed by atoms with Crippen LogP contribution in [0, 0.1) is 5.92 Å². The van der Waals surface area contributed by atoms with Gasteiger partial charge in [-0.2, -0.15) is 0 Å². The molecule has 0 saturated carbocycles. The number of likely N-dealkylation sites (N-methyl/N-ethyl adjacent to an activating group) is 1.